The van der Waals surface area contributed by atoms with Crippen molar-refractivity contribution >= 4 is 49.3 Å². The number of hydrogen-bond donors (Lipinski definition) is 4. The number of aromatic nitrogens is 3. The van der Waals surface area contributed by atoms with Gasteiger partial charge in [-0.25, -0.2) is 21.5 Å². The Bertz CT molecular complexity index is 2110. The smallest absolute Gasteiger partial charge is 0.287 e. The minimum Gasteiger partial charge on any atom is -0.384 e. The van der Waals surface area contributed by atoms with Crippen molar-refractivity contribution in [3.8, 4) is 0 Å². The highest BCUT2D eigenvalue weighted by Gasteiger charge is 2.51. The second-order valence-electron chi connectivity index (χ2n) is 16.7. The largest absolute Gasteiger partial charge is 0.384 e. The summed E-state index contributed by atoms with van der Waals surface area (Å²) < 4.78 is 54.3. The summed E-state index contributed by atoms with van der Waals surface area (Å²) in [5.74, 6) is -5.44. The number of aliphatic hydroxyl groups is 1. The molecule has 0 radical (unpaired) electrons. The molecule has 20 heteroatoms. The molecule has 1 aromatic heterocycles. The first-order chi connectivity index (χ1) is 27.3. The van der Waals surface area contributed by atoms with Gasteiger partial charge in [0.05, 0.1) is 34.3 Å². The van der Waals surface area contributed by atoms with Crippen molar-refractivity contribution in [3.05, 3.63) is 41.7 Å². The van der Waals surface area contributed by atoms with Crippen molar-refractivity contribution in [3.63, 3.8) is 0 Å². The summed E-state index contributed by atoms with van der Waals surface area (Å²) >= 11 is 0. The minimum absolute atomic E-state index is 0.0418. The van der Waals surface area contributed by atoms with Crippen LogP contribution in [-0.2, 0) is 44.6 Å². The SMILES string of the molecule is CCN(C1CC1)S(=O)(=O)c1ccc(C(=O)N[C@H](CC2CCCCC2)C(=O)N2CC(n3nncc3C(C)(C)O)CC2C(=O)NC2(C(=O)C(N)=O)CCS(=O)(=O)CC2)cc1. The number of benzene rings is 1. The molecule has 0 spiro atoms. The number of carbonyl (C=O) groups excluding carboxylic acids is 5. The number of hydrogen-bond acceptors (Lipinski definition) is 12. The Morgan fingerprint density at radius 1 is 1.03 bits per heavy atom. The van der Waals surface area contributed by atoms with E-state index in [1.165, 1.54) is 58.2 Å². The van der Waals surface area contributed by atoms with Gasteiger partial charge in [-0.1, -0.05) is 44.2 Å². The van der Waals surface area contributed by atoms with Crippen LogP contribution in [0.4, 0.5) is 0 Å². The van der Waals surface area contributed by atoms with Gasteiger partial charge in [0.25, 0.3) is 11.8 Å². The molecule has 2 saturated heterocycles. The molecule has 2 aliphatic carbocycles. The van der Waals surface area contributed by atoms with E-state index in [9.17, 15) is 45.9 Å². The third kappa shape index (κ3) is 9.29. The van der Waals surface area contributed by atoms with Gasteiger partial charge < -0.3 is 26.4 Å². The van der Waals surface area contributed by atoms with Crippen molar-refractivity contribution in [2.45, 2.75) is 132 Å². The number of amides is 4. The molecule has 18 nitrogen and oxygen atoms in total. The summed E-state index contributed by atoms with van der Waals surface area (Å²) in [4.78, 5) is 70.0. The van der Waals surface area contributed by atoms with Gasteiger partial charge in [0.15, 0.2) is 9.84 Å². The molecule has 4 aliphatic rings. The fourth-order valence-electron chi connectivity index (χ4n) is 8.60. The summed E-state index contributed by atoms with van der Waals surface area (Å²) in [7, 11) is -7.34. The van der Waals surface area contributed by atoms with Crippen LogP contribution in [0.1, 0.15) is 113 Å². The van der Waals surface area contributed by atoms with Crippen molar-refractivity contribution in [2.75, 3.05) is 24.6 Å². The fourth-order valence-corrected chi connectivity index (χ4v) is 11.8. The molecular formula is C38H54N8O10S2. The lowest BCUT2D eigenvalue weighted by atomic mass is 9.84. The average Bonchev–Trinajstić information content (AvgIpc) is 3.68. The van der Waals surface area contributed by atoms with Crippen molar-refractivity contribution < 1.29 is 45.9 Å². The number of nitrogens with one attached hydrogen (secondary N) is 2. The molecule has 318 valence electrons. The maximum atomic E-state index is 14.9. The normalized spacial score (nSPS) is 22.9. The van der Waals surface area contributed by atoms with E-state index in [2.05, 4.69) is 20.9 Å². The number of nitrogens with zero attached hydrogens (tertiary/aromatic N) is 5. The molecule has 2 saturated carbocycles. The highest BCUT2D eigenvalue weighted by atomic mass is 32.2. The predicted octanol–water partition coefficient (Wildman–Crippen LogP) is 0.708. The Hall–Kier alpha value is -4.27. The number of ketones is 1. The van der Waals surface area contributed by atoms with E-state index in [4.69, 9.17) is 5.73 Å². The molecule has 3 atom stereocenters. The summed E-state index contributed by atoms with van der Waals surface area (Å²) in [6.07, 6.45) is 6.92. The highest BCUT2D eigenvalue weighted by Crippen LogP contribution is 2.35. The first-order valence-corrected chi connectivity index (χ1v) is 23.3. The molecule has 0 bridgehead atoms. The first-order valence-electron chi connectivity index (χ1n) is 20.0. The molecule has 58 heavy (non-hydrogen) atoms. The quantitative estimate of drug-likeness (QED) is 0.181. The lowest BCUT2D eigenvalue weighted by Crippen LogP contribution is -2.64. The average molecular weight is 847 g/mol. The van der Waals surface area contributed by atoms with Crippen LogP contribution in [0.15, 0.2) is 35.4 Å². The molecule has 4 amide bonds. The van der Waals surface area contributed by atoms with E-state index in [1.807, 2.05) is 0 Å². The van der Waals surface area contributed by atoms with Gasteiger partial charge >= 0.3 is 0 Å². The third-order valence-electron chi connectivity index (χ3n) is 12.0. The zero-order valence-corrected chi connectivity index (χ0v) is 34.8. The summed E-state index contributed by atoms with van der Waals surface area (Å²) in [6, 6.07) is 2.36. The van der Waals surface area contributed by atoms with Crippen LogP contribution in [0, 0.1) is 5.92 Å². The van der Waals surface area contributed by atoms with Crippen LogP contribution < -0.4 is 16.4 Å². The number of sulfone groups is 1. The van der Waals surface area contributed by atoms with E-state index in [1.54, 1.807) is 6.92 Å². The predicted molar refractivity (Wildman–Crippen MR) is 209 cm³/mol. The van der Waals surface area contributed by atoms with Crippen molar-refractivity contribution in [1.29, 1.82) is 0 Å². The summed E-state index contributed by atoms with van der Waals surface area (Å²) in [5.41, 5.74) is 2.48. The highest BCUT2D eigenvalue weighted by molar-refractivity contribution is 7.91. The number of carbonyl (C=O) groups is 5. The molecule has 2 aromatic rings. The Morgan fingerprint density at radius 2 is 1.67 bits per heavy atom. The van der Waals surface area contributed by atoms with Crippen molar-refractivity contribution in [1.82, 2.24) is 34.8 Å². The molecule has 2 unspecified atom stereocenters. The number of rotatable bonds is 15. The monoisotopic (exact) mass is 846 g/mol. The van der Waals surface area contributed by atoms with Gasteiger partial charge in [-0.2, -0.15) is 4.31 Å². The molecule has 4 fully saturated rings. The molecule has 5 N–H and O–H groups in total. The second kappa shape index (κ2) is 16.8. The summed E-state index contributed by atoms with van der Waals surface area (Å²) in [5, 5.41) is 24.5. The maximum Gasteiger partial charge on any atom is 0.287 e. The number of primary amides is 1. The molecule has 1 aromatic carbocycles. The van der Waals surface area contributed by atoms with Crippen LogP contribution in [0.5, 0.6) is 0 Å². The lowest BCUT2D eigenvalue weighted by molar-refractivity contribution is -0.145. The fraction of sp³-hybridized carbons (Fsp3) is 0.658. The zero-order valence-electron chi connectivity index (χ0n) is 33.1. The lowest BCUT2D eigenvalue weighted by Gasteiger charge is -2.37. The first kappa shape index (κ1) is 43.3. The Balaban J connectivity index is 1.31. The van der Waals surface area contributed by atoms with Crippen LogP contribution in [0.2, 0.25) is 0 Å². The number of nitrogens with two attached hydrogens (primary N) is 1. The maximum absolute atomic E-state index is 14.9. The van der Waals surface area contributed by atoms with Crippen LogP contribution in [0.25, 0.3) is 0 Å². The van der Waals surface area contributed by atoms with E-state index in [0.29, 0.717) is 12.2 Å². The van der Waals surface area contributed by atoms with Crippen molar-refractivity contribution in [2.24, 2.45) is 11.7 Å². The molecular weight excluding hydrogens is 793 g/mol. The minimum atomic E-state index is -3.78. The standard InChI is InChI=1S/C38H54N8O10S2/c1-4-45(26-12-13-26)58(55,56)28-14-10-25(11-15-28)34(49)41-29(20-24-8-6-5-7-9-24)36(51)44-23-27(46-31(22-40-43-46)37(2,3)52)21-30(44)35(50)42-38(32(47)33(39)48)16-18-57(53,54)19-17-38/h10-11,14-15,22,24,26-27,29-30,52H,4-9,12-13,16-21,23H2,1-3H3,(H2,39,48)(H,41,49)(H,42,50)/t27?,29-,30?/m1/s1. The Kier molecular flexibility index (Phi) is 12.5. The van der Waals surface area contributed by atoms with E-state index in [0.717, 1.165) is 44.9 Å². The van der Waals surface area contributed by atoms with Crippen LogP contribution >= 0.6 is 0 Å². The van der Waals surface area contributed by atoms with E-state index in [-0.39, 0.29) is 41.8 Å². The molecule has 6 rings (SSSR count). The molecule has 3 heterocycles. The van der Waals surface area contributed by atoms with Gasteiger partial charge in [-0.15, -0.1) is 5.10 Å². The number of Topliss-reactive ketones (excluding diaryl/α,β-unsaturated/α-hetero) is 1. The third-order valence-corrected chi connectivity index (χ3v) is 15.7. The topological polar surface area (TPSA) is 261 Å². The van der Waals surface area contributed by atoms with Gasteiger partial charge in [-0.05, 0) is 76.1 Å². The second-order valence-corrected chi connectivity index (χ2v) is 20.9. The van der Waals surface area contributed by atoms with Gasteiger partial charge in [0, 0.05) is 31.1 Å². The van der Waals surface area contributed by atoms with Gasteiger partial charge in [0.2, 0.25) is 27.6 Å². The van der Waals surface area contributed by atoms with E-state index >= 15 is 0 Å². The number of sulfonamides is 1. The zero-order chi connectivity index (χ0) is 42.2. The van der Waals surface area contributed by atoms with Gasteiger partial charge in [-0.3, -0.25) is 24.0 Å². The Labute approximate surface area is 338 Å². The van der Waals surface area contributed by atoms with Crippen LogP contribution in [-0.4, -0.2) is 124 Å². The molecule has 2 aliphatic heterocycles. The van der Waals surface area contributed by atoms with Gasteiger partial charge in [0.1, 0.15) is 23.2 Å². The number of likely N-dealkylation sites (tertiary alicyclic amines) is 1. The van der Waals surface area contributed by atoms with E-state index < -0.39 is 103 Å². The van der Waals surface area contributed by atoms with Crippen LogP contribution in [0.3, 0.4) is 0 Å². The Morgan fingerprint density at radius 3 is 2.24 bits per heavy atom. The summed E-state index contributed by atoms with van der Waals surface area (Å²) in [6.45, 7) is 5.04.